The molecule has 1 N–H and O–H groups in total. The molecule has 2 saturated heterocycles. The number of carbonyl (C=O) groups is 3. The monoisotopic (exact) mass is 267 g/mol. The summed E-state index contributed by atoms with van der Waals surface area (Å²) in [6, 6.07) is -0.373. The van der Waals surface area contributed by atoms with Crippen molar-refractivity contribution in [2.75, 3.05) is 13.6 Å². The van der Waals surface area contributed by atoms with Crippen molar-refractivity contribution >= 4 is 17.8 Å². The quantitative estimate of drug-likeness (QED) is 0.705. The zero-order valence-electron chi connectivity index (χ0n) is 11.9. The summed E-state index contributed by atoms with van der Waals surface area (Å²) < 4.78 is 0. The average molecular weight is 267 g/mol. The topological polar surface area (TPSA) is 69.7 Å². The van der Waals surface area contributed by atoms with E-state index < -0.39 is 17.4 Å². The summed E-state index contributed by atoms with van der Waals surface area (Å²) >= 11 is 0. The van der Waals surface area contributed by atoms with E-state index in [0.717, 1.165) is 19.4 Å². The molecule has 2 heterocycles. The van der Waals surface area contributed by atoms with Crippen LogP contribution in [0.1, 0.15) is 33.6 Å². The van der Waals surface area contributed by atoms with Gasteiger partial charge < -0.3 is 4.90 Å². The molecular weight excluding hydrogens is 246 g/mol. The van der Waals surface area contributed by atoms with E-state index in [4.69, 9.17) is 0 Å². The number of piperidine rings is 1. The molecule has 2 fully saturated rings. The maximum absolute atomic E-state index is 12.4. The van der Waals surface area contributed by atoms with Crippen molar-refractivity contribution < 1.29 is 14.4 Å². The molecule has 0 spiro atoms. The van der Waals surface area contributed by atoms with Gasteiger partial charge in [-0.3, -0.25) is 19.8 Å². The molecule has 0 aromatic rings. The fourth-order valence-electron chi connectivity index (χ4n) is 2.63. The number of amides is 4. The largest absolute Gasteiger partial charge is 0.331 e. The molecule has 106 valence electrons. The zero-order valence-corrected chi connectivity index (χ0v) is 11.9. The number of urea groups is 1. The van der Waals surface area contributed by atoms with Gasteiger partial charge in [0.2, 0.25) is 11.8 Å². The lowest BCUT2D eigenvalue weighted by Gasteiger charge is -2.43. The molecule has 0 saturated carbocycles. The Kier molecular flexibility index (Phi) is 3.38. The van der Waals surface area contributed by atoms with Gasteiger partial charge in [0.25, 0.3) is 0 Å². The van der Waals surface area contributed by atoms with E-state index in [9.17, 15) is 14.4 Å². The van der Waals surface area contributed by atoms with Crippen molar-refractivity contribution in [1.29, 1.82) is 0 Å². The molecular formula is C13H21N3O3. The smallest absolute Gasteiger partial charge is 0.304 e. The maximum atomic E-state index is 12.4. The van der Waals surface area contributed by atoms with Crippen LogP contribution in [-0.4, -0.2) is 53.3 Å². The molecule has 0 aromatic carbocycles. The lowest BCUT2D eigenvalue weighted by Crippen LogP contribution is -2.65. The third-order valence-corrected chi connectivity index (χ3v) is 4.31. The fraction of sp³-hybridized carbons (Fsp3) is 0.769. The first-order chi connectivity index (χ1) is 8.75. The molecule has 2 aliphatic rings. The highest BCUT2D eigenvalue weighted by Crippen LogP contribution is 2.29. The first kappa shape index (κ1) is 14.0. The fourth-order valence-corrected chi connectivity index (χ4v) is 2.63. The first-order valence-electron chi connectivity index (χ1n) is 6.64. The van der Waals surface area contributed by atoms with Gasteiger partial charge in [0.1, 0.15) is 5.41 Å². The van der Waals surface area contributed by atoms with Gasteiger partial charge in [0, 0.05) is 18.6 Å². The average Bonchev–Trinajstić information content (AvgIpc) is 2.32. The molecule has 2 unspecified atom stereocenters. The highest BCUT2D eigenvalue weighted by atomic mass is 16.2. The third-order valence-electron chi connectivity index (χ3n) is 4.31. The molecule has 6 nitrogen and oxygen atoms in total. The highest BCUT2D eigenvalue weighted by molar-refractivity contribution is 6.18. The Hall–Kier alpha value is -1.43. The van der Waals surface area contributed by atoms with Crippen LogP contribution >= 0.6 is 0 Å². The Morgan fingerprint density at radius 2 is 1.89 bits per heavy atom. The number of carbonyl (C=O) groups excluding carboxylic acids is 3. The second kappa shape index (κ2) is 4.59. The van der Waals surface area contributed by atoms with Gasteiger partial charge in [-0.15, -0.1) is 0 Å². The van der Waals surface area contributed by atoms with Crippen LogP contribution in [0.25, 0.3) is 0 Å². The Bertz CT molecular complexity index is 433. The Balaban J connectivity index is 2.21. The standard InChI is InChI=1S/C13H21N3O3/c1-8-7-9(5-6-15(8)4)16-11(18)13(2,3)10(17)14-12(16)19/h8-9H,5-7H2,1-4H3,(H,14,17,19). The number of nitrogens with one attached hydrogen (secondary N) is 1. The second-order valence-corrected chi connectivity index (χ2v) is 6.07. The van der Waals surface area contributed by atoms with Crippen LogP contribution in [0.3, 0.4) is 0 Å². The van der Waals surface area contributed by atoms with Crippen LogP contribution in [0.5, 0.6) is 0 Å². The highest BCUT2D eigenvalue weighted by Gasteiger charge is 2.49. The van der Waals surface area contributed by atoms with Crippen molar-refractivity contribution in [2.45, 2.75) is 45.7 Å². The lowest BCUT2D eigenvalue weighted by atomic mass is 9.86. The summed E-state index contributed by atoms with van der Waals surface area (Å²) in [4.78, 5) is 39.5. The van der Waals surface area contributed by atoms with Crippen molar-refractivity contribution in [2.24, 2.45) is 5.41 Å². The molecule has 2 rings (SSSR count). The van der Waals surface area contributed by atoms with Crippen LogP contribution in [0.4, 0.5) is 4.79 Å². The van der Waals surface area contributed by atoms with E-state index in [1.54, 1.807) is 13.8 Å². The van der Waals surface area contributed by atoms with Gasteiger partial charge in [-0.1, -0.05) is 0 Å². The van der Waals surface area contributed by atoms with Crippen LogP contribution in [-0.2, 0) is 9.59 Å². The van der Waals surface area contributed by atoms with E-state index in [1.807, 2.05) is 7.05 Å². The Morgan fingerprint density at radius 3 is 2.47 bits per heavy atom. The van der Waals surface area contributed by atoms with Gasteiger partial charge >= 0.3 is 6.03 Å². The van der Waals surface area contributed by atoms with Crippen LogP contribution < -0.4 is 5.32 Å². The molecule has 6 heteroatoms. The van der Waals surface area contributed by atoms with Crippen molar-refractivity contribution in [3.8, 4) is 0 Å². The van der Waals surface area contributed by atoms with Crippen LogP contribution in [0, 0.1) is 5.41 Å². The minimum absolute atomic E-state index is 0.119. The summed E-state index contributed by atoms with van der Waals surface area (Å²) in [6.45, 7) is 6.04. The van der Waals surface area contributed by atoms with E-state index in [2.05, 4.69) is 17.1 Å². The van der Waals surface area contributed by atoms with Gasteiger partial charge in [0.05, 0.1) is 0 Å². The summed E-state index contributed by atoms with van der Waals surface area (Å²) in [7, 11) is 2.03. The maximum Gasteiger partial charge on any atom is 0.331 e. The van der Waals surface area contributed by atoms with Crippen molar-refractivity contribution in [3.63, 3.8) is 0 Å². The van der Waals surface area contributed by atoms with Gasteiger partial charge in [-0.25, -0.2) is 4.79 Å². The summed E-state index contributed by atoms with van der Waals surface area (Å²) in [5.74, 6) is -0.900. The van der Waals surface area contributed by atoms with Crippen LogP contribution in [0.2, 0.25) is 0 Å². The molecule has 19 heavy (non-hydrogen) atoms. The SMILES string of the molecule is CC1CC(N2C(=O)NC(=O)C(C)(C)C2=O)CCN1C. The number of barbiturate groups is 1. The normalized spacial score (nSPS) is 32.4. The van der Waals surface area contributed by atoms with E-state index in [1.165, 1.54) is 4.90 Å². The molecule has 2 atom stereocenters. The second-order valence-electron chi connectivity index (χ2n) is 6.07. The number of rotatable bonds is 1. The van der Waals surface area contributed by atoms with Crippen molar-refractivity contribution in [1.82, 2.24) is 15.1 Å². The summed E-state index contributed by atoms with van der Waals surface area (Å²) in [6.07, 6.45) is 1.50. The number of nitrogens with zero attached hydrogens (tertiary/aromatic N) is 2. The Morgan fingerprint density at radius 1 is 1.26 bits per heavy atom. The minimum Gasteiger partial charge on any atom is -0.304 e. The Labute approximate surface area is 113 Å². The molecule has 0 radical (unpaired) electrons. The third kappa shape index (κ3) is 2.25. The predicted molar refractivity (Wildman–Crippen MR) is 69.3 cm³/mol. The summed E-state index contributed by atoms with van der Waals surface area (Å²) in [5, 5.41) is 2.29. The van der Waals surface area contributed by atoms with Gasteiger partial charge in [0.15, 0.2) is 0 Å². The van der Waals surface area contributed by atoms with E-state index in [0.29, 0.717) is 6.04 Å². The van der Waals surface area contributed by atoms with Crippen molar-refractivity contribution in [3.05, 3.63) is 0 Å². The van der Waals surface area contributed by atoms with Crippen LogP contribution in [0.15, 0.2) is 0 Å². The molecule has 0 aromatic heterocycles. The minimum atomic E-state index is -1.17. The number of likely N-dealkylation sites (tertiary alicyclic amines) is 1. The van der Waals surface area contributed by atoms with Gasteiger partial charge in [-0.2, -0.15) is 0 Å². The number of hydrogen-bond donors (Lipinski definition) is 1. The number of hydrogen-bond acceptors (Lipinski definition) is 4. The molecule has 2 aliphatic heterocycles. The van der Waals surface area contributed by atoms with Gasteiger partial charge in [-0.05, 0) is 40.7 Å². The molecule has 0 aliphatic carbocycles. The number of imide groups is 2. The molecule has 4 amide bonds. The molecule has 0 bridgehead atoms. The van der Waals surface area contributed by atoms with E-state index >= 15 is 0 Å². The summed E-state index contributed by atoms with van der Waals surface area (Å²) in [5.41, 5.74) is -1.17. The zero-order chi connectivity index (χ0) is 14.4. The lowest BCUT2D eigenvalue weighted by molar-refractivity contribution is -0.151. The first-order valence-corrected chi connectivity index (χ1v) is 6.64. The van der Waals surface area contributed by atoms with E-state index in [-0.39, 0.29) is 11.9 Å². The predicted octanol–water partition coefficient (Wildman–Crippen LogP) is 0.574.